The maximum atomic E-state index is 13.7. The van der Waals surface area contributed by atoms with Crippen molar-refractivity contribution >= 4 is 34.8 Å². The predicted molar refractivity (Wildman–Crippen MR) is 119 cm³/mol. The quantitative estimate of drug-likeness (QED) is 0.261. The minimum Gasteiger partial charge on any atom is -0.872 e. The average Bonchev–Trinajstić information content (AvgIpc) is 3.41. The van der Waals surface area contributed by atoms with Gasteiger partial charge in [0.1, 0.15) is 5.69 Å². The van der Waals surface area contributed by atoms with Gasteiger partial charge in [0.05, 0.1) is 33.3 Å². The molecule has 0 spiro atoms. The van der Waals surface area contributed by atoms with Crippen LogP contribution >= 0.6 is 11.3 Å². The molecule has 1 saturated heterocycles. The highest BCUT2D eigenvalue weighted by Crippen LogP contribution is 2.41. The molecule has 172 valence electrons. The van der Waals surface area contributed by atoms with Gasteiger partial charge in [-0.05, 0) is 43.3 Å². The van der Waals surface area contributed by atoms with Gasteiger partial charge in [-0.15, -0.1) is 11.3 Å². The molecule has 2 aromatic rings. The van der Waals surface area contributed by atoms with Gasteiger partial charge < -0.3 is 24.6 Å². The van der Waals surface area contributed by atoms with E-state index < -0.39 is 29.5 Å². The van der Waals surface area contributed by atoms with Gasteiger partial charge in [-0.2, -0.15) is 0 Å². The van der Waals surface area contributed by atoms with E-state index in [0.717, 1.165) is 11.4 Å². The van der Waals surface area contributed by atoms with Crippen LogP contribution < -0.4 is 10.0 Å². The molecular weight excluding hydrogens is 430 g/mol. The zero-order valence-corrected chi connectivity index (χ0v) is 19.9. The number of quaternary nitrogens is 1. The van der Waals surface area contributed by atoms with Gasteiger partial charge in [0, 0.05) is 29.1 Å². The zero-order valence-electron chi connectivity index (χ0n) is 19.0. The highest BCUT2D eigenvalue weighted by Gasteiger charge is 2.44. The molecule has 0 saturated carbocycles. The minimum atomic E-state index is -0.775. The first-order valence-electron chi connectivity index (χ1n) is 10.6. The zero-order chi connectivity index (χ0) is 23.6. The molecule has 32 heavy (non-hydrogen) atoms. The van der Waals surface area contributed by atoms with Crippen molar-refractivity contribution in [2.24, 2.45) is 0 Å². The number of likely N-dealkylation sites (tertiary alicyclic amines) is 1. The van der Waals surface area contributed by atoms with Crippen LogP contribution in [0.5, 0.6) is 0 Å². The van der Waals surface area contributed by atoms with Crippen LogP contribution in [0.3, 0.4) is 0 Å². The topological polar surface area (TPSA) is 107 Å². The number of carbonyl (C=O) groups is 3. The van der Waals surface area contributed by atoms with Crippen LogP contribution in [0.25, 0.3) is 5.76 Å². The van der Waals surface area contributed by atoms with Crippen molar-refractivity contribution in [2.45, 2.75) is 33.2 Å². The lowest BCUT2D eigenvalue weighted by Crippen LogP contribution is -3.05. The summed E-state index contributed by atoms with van der Waals surface area (Å²) >= 11 is 1.40. The van der Waals surface area contributed by atoms with Crippen molar-refractivity contribution in [3.05, 3.63) is 50.5 Å². The SMILES string of the molecule is CCOC(=O)c1[nH]c(C)c(/C([O-])=C2\C(=O)C(=O)N(CCC[NH+](C)C)C2c2cccs2)c1C. The first-order chi connectivity index (χ1) is 15.2. The van der Waals surface area contributed by atoms with Crippen molar-refractivity contribution in [2.75, 3.05) is 33.8 Å². The summed E-state index contributed by atoms with van der Waals surface area (Å²) in [6.07, 6.45) is 0.708. The van der Waals surface area contributed by atoms with Crippen LogP contribution in [0.1, 0.15) is 51.6 Å². The van der Waals surface area contributed by atoms with E-state index in [1.165, 1.54) is 21.1 Å². The number of esters is 1. The summed E-state index contributed by atoms with van der Waals surface area (Å²) in [6.45, 7) is 6.43. The van der Waals surface area contributed by atoms with E-state index in [9.17, 15) is 19.5 Å². The van der Waals surface area contributed by atoms with Gasteiger partial charge in [0.2, 0.25) is 5.78 Å². The summed E-state index contributed by atoms with van der Waals surface area (Å²) in [7, 11) is 4.04. The molecule has 1 fully saturated rings. The molecule has 3 heterocycles. The number of ketones is 1. The van der Waals surface area contributed by atoms with Crippen molar-refractivity contribution in [3.63, 3.8) is 0 Å². The molecule has 8 nitrogen and oxygen atoms in total. The summed E-state index contributed by atoms with van der Waals surface area (Å²) < 4.78 is 5.06. The van der Waals surface area contributed by atoms with Gasteiger partial charge in [-0.1, -0.05) is 11.8 Å². The number of carbonyl (C=O) groups excluding carboxylic acids is 3. The Morgan fingerprint density at radius 3 is 2.62 bits per heavy atom. The Bertz CT molecular complexity index is 1050. The van der Waals surface area contributed by atoms with E-state index in [1.54, 1.807) is 20.8 Å². The van der Waals surface area contributed by atoms with Crippen LogP contribution in [-0.2, 0) is 14.3 Å². The Labute approximate surface area is 191 Å². The number of hydrogen-bond donors (Lipinski definition) is 2. The highest BCUT2D eigenvalue weighted by atomic mass is 32.1. The second-order valence-corrected chi connectivity index (χ2v) is 9.12. The Morgan fingerprint density at radius 2 is 2.03 bits per heavy atom. The number of ether oxygens (including phenoxy) is 1. The van der Waals surface area contributed by atoms with Gasteiger partial charge >= 0.3 is 5.97 Å². The number of rotatable bonds is 8. The number of amides is 1. The first-order valence-corrected chi connectivity index (χ1v) is 11.5. The summed E-state index contributed by atoms with van der Waals surface area (Å²) in [4.78, 5) is 44.7. The number of Topliss-reactive ketones (excluding diaryl/α,β-unsaturated/α-hetero) is 1. The fourth-order valence-corrected chi connectivity index (χ4v) is 4.92. The fraction of sp³-hybridized carbons (Fsp3) is 0.435. The number of nitrogens with one attached hydrogen (secondary N) is 2. The Hall–Kier alpha value is -2.91. The number of aryl methyl sites for hydroxylation is 1. The lowest BCUT2D eigenvalue weighted by atomic mass is 9.97. The average molecular weight is 460 g/mol. The Kier molecular flexibility index (Phi) is 7.20. The summed E-state index contributed by atoms with van der Waals surface area (Å²) in [5, 5.41) is 15.5. The smallest absolute Gasteiger partial charge is 0.355 e. The van der Waals surface area contributed by atoms with Crippen LogP contribution in [0.15, 0.2) is 23.1 Å². The number of aromatic amines is 1. The third-order valence-electron chi connectivity index (χ3n) is 5.56. The lowest BCUT2D eigenvalue weighted by molar-refractivity contribution is -0.858. The number of nitrogens with zero attached hydrogens (tertiary/aromatic N) is 1. The molecule has 1 unspecified atom stereocenters. The van der Waals surface area contributed by atoms with Gasteiger partial charge in [-0.25, -0.2) is 4.79 Å². The number of thiophene rings is 1. The Balaban J connectivity index is 2.10. The molecule has 0 aromatic carbocycles. The van der Waals surface area contributed by atoms with Crippen molar-refractivity contribution in [1.29, 1.82) is 0 Å². The largest absolute Gasteiger partial charge is 0.872 e. The molecule has 1 atom stereocenters. The predicted octanol–water partition coefficient (Wildman–Crippen LogP) is 0.628. The molecular formula is C23H29N3O5S. The van der Waals surface area contributed by atoms with E-state index in [1.807, 2.05) is 31.6 Å². The number of aromatic nitrogens is 1. The highest BCUT2D eigenvalue weighted by molar-refractivity contribution is 7.10. The molecule has 1 amide bonds. The normalized spacial score (nSPS) is 18.1. The van der Waals surface area contributed by atoms with Gasteiger partial charge in [0.15, 0.2) is 0 Å². The third-order valence-corrected chi connectivity index (χ3v) is 6.49. The third kappa shape index (κ3) is 4.35. The van der Waals surface area contributed by atoms with E-state index in [-0.39, 0.29) is 23.4 Å². The van der Waals surface area contributed by atoms with Crippen molar-refractivity contribution in [3.8, 4) is 0 Å². The molecule has 0 aliphatic carbocycles. The van der Waals surface area contributed by atoms with E-state index in [4.69, 9.17) is 4.74 Å². The number of hydrogen-bond acceptors (Lipinski definition) is 6. The van der Waals surface area contributed by atoms with E-state index in [0.29, 0.717) is 24.2 Å². The van der Waals surface area contributed by atoms with Crippen molar-refractivity contribution < 1.29 is 29.1 Å². The molecule has 2 N–H and O–H groups in total. The van der Waals surface area contributed by atoms with E-state index >= 15 is 0 Å². The lowest BCUT2D eigenvalue weighted by Gasteiger charge is -2.26. The maximum absolute atomic E-state index is 13.7. The van der Waals surface area contributed by atoms with Gasteiger partial charge in [-0.3, -0.25) is 9.59 Å². The second-order valence-electron chi connectivity index (χ2n) is 8.14. The molecule has 1 aliphatic heterocycles. The second kappa shape index (κ2) is 9.70. The monoisotopic (exact) mass is 459 g/mol. The van der Waals surface area contributed by atoms with E-state index in [2.05, 4.69) is 4.98 Å². The van der Waals surface area contributed by atoms with Crippen LogP contribution in [0, 0.1) is 13.8 Å². The first kappa shape index (κ1) is 23.7. The van der Waals surface area contributed by atoms with Gasteiger partial charge in [0.25, 0.3) is 5.91 Å². The maximum Gasteiger partial charge on any atom is 0.355 e. The van der Waals surface area contributed by atoms with Crippen LogP contribution in [-0.4, -0.2) is 61.3 Å². The summed E-state index contributed by atoms with van der Waals surface area (Å²) in [5.74, 6) is -2.52. The fourth-order valence-electron chi connectivity index (χ4n) is 4.08. The molecule has 1 aliphatic rings. The van der Waals surface area contributed by atoms with Crippen LogP contribution in [0.2, 0.25) is 0 Å². The minimum absolute atomic E-state index is 0.0599. The molecule has 0 bridgehead atoms. The summed E-state index contributed by atoms with van der Waals surface area (Å²) in [5.41, 5.74) is 1.24. The van der Waals surface area contributed by atoms with Crippen LogP contribution in [0.4, 0.5) is 0 Å². The summed E-state index contributed by atoms with van der Waals surface area (Å²) in [6, 6.07) is 2.95. The molecule has 2 aromatic heterocycles. The molecule has 3 rings (SSSR count). The molecule has 9 heteroatoms. The molecule has 0 radical (unpaired) electrons. The Morgan fingerprint density at radius 1 is 1.31 bits per heavy atom. The number of H-pyrrole nitrogens is 1. The van der Waals surface area contributed by atoms with Crippen molar-refractivity contribution in [1.82, 2.24) is 9.88 Å². The standard InChI is InChI=1S/C23H29N3O5S/c1-6-31-23(30)18-13(2)16(14(3)24-18)20(27)17-19(15-9-7-12-32-15)26(22(29)21(17)28)11-8-10-25(4)5/h7,9,12,19,24,27H,6,8,10-11H2,1-5H3/b20-17+.